The molecule has 160 valence electrons. The van der Waals surface area contributed by atoms with Crippen LogP contribution in [0.1, 0.15) is 33.6 Å². The van der Waals surface area contributed by atoms with E-state index in [1.54, 1.807) is 13.1 Å². The molecule has 7 heteroatoms. The third kappa shape index (κ3) is 5.59. The van der Waals surface area contributed by atoms with E-state index in [0.29, 0.717) is 10.9 Å². The molecule has 2 aromatic rings. The first-order valence-electron chi connectivity index (χ1n) is 9.72. The highest BCUT2D eigenvalue weighted by Crippen LogP contribution is 2.34. The third-order valence-electron chi connectivity index (χ3n) is 4.60. The number of nitro groups is 1. The van der Waals surface area contributed by atoms with Crippen LogP contribution in [0.2, 0.25) is 0 Å². The molecule has 0 unspecified atom stereocenters. The largest absolute Gasteiger partial charge is 0.485 e. The lowest BCUT2D eigenvalue weighted by molar-refractivity contribution is -0.384. The van der Waals surface area contributed by atoms with Gasteiger partial charge in [0.05, 0.1) is 10.4 Å². The summed E-state index contributed by atoms with van der Waals surface area (Å²) in [6, 6.07) is 4.33. The fourth-order valence-corrected chi connectivity index (χ4v) is 2.95. The summed E-state index contributed by atoms with van der Waals surface area (Å²) in [5, 5.41) is 11.7. The van der Waals surface area contributed by atoms with E-state index in [0.717, 1.165) is 12.8 Å². The van der Waals surface area contributed by atoms with E-state index in [1.165, 1.54) is 33.9 Å². The molecular formula is C23H28N2O5. The number of ether oxygens (including phenoxy) is 2. The number of rotatable bonds is 10. The minimum atomic E-state index is -0.495. The van der Waals surface area contributed by atoms with E-state index in [1.807, 2.05) is 13.0 Å². The first-order valence-corrected chi connectivity index (χ1v) is 9.72. The van der Waals surface area contributed by atoms with Gasteiger partial charge in [-0.25, -0.2) is 0 Å². The van der Waals surface area contributed by atoms with Crippen molar-refractivity contribution in [1.29, 1.82) is 0 Å². The quantitative estimate of drug-likeness (QED) is 0.309. The van der Waals surface area contributed by atoms with Crippen molar-refractivity contribution in [2.45, 2.75) is 33.6 Å². The van der Waals surface area contributed by atoms with Crippen molar-refractivity contribution < 1.29 is 14.4 Å². The minimum absolute atomic E-state index is 0.0642. The molecule has 0 saturated carbocycles. The van der Waals surface area contributed by atoms with Gasteiger partial charge in [-0.05, 0) is 45.8 Å². The van der Waals surface area contributed by atoms with Gasteiger partial charge < -0.3 is 14.0 Å². The van der Waals surface area contributed by atoms with Crippen molar-refractivity contribution in [2.24, 2.45) is 7.05 Å². The van der Waals surface area contributed by atoms with E-state index in [-0.39, 0.29) is 30.4 Å². The molecule has 30 heavy (non-hydrogen) atoms. The standard InChI is InChI=1S/C23H28N2O5/c1-6-13-29-22-21(30-14-12-17(4)9-7-8-16(2)3)19-11-10-18(25(27)28)15-20(19)24(5)23(22)26/h6,8,10-12,15H,1,7,9,13-14H2,2-5H3/b17-12+. The van der Waals surface area contributed by atoms with Crippen LogP contribution in [0.4, 0.5) is 5.69 Å². The van der Waals surface area contributed by atoms with E-state index in [2.05, 4.69) is 26.5 Å². The fraction of sp³-hybridized carbons (Fsp3) is 0.348. The Labute approximate surface area is 176 Å². The molecule has 0 aliphatic heterocycles. The molecule has 0 amide bonds. The third-order valence-corrected chi connectivity index (χ3v) is 4.60. The molecular weight excluding hydrogens is 384 g/mol. The van der Waals surface area contributed by atoms with Crippen molar-refractivity contribution in [3.63, 3.8) is 0 Å². The van der Waals surface area contributed by atoms with Gasteiger partial charge in [-0.3, -0.25) is 14.9 Å². The highest BCUT2D eigenvalue weighted by atomic mass is 16.6. The van der Waals surface area contributed by atoms with Gasteiger partial charge >= 0.3 is 0 Å². The highest BCUT2D eigenvalue weighted by molar-refractivity contribution is 5.89. The summed E-state index contributed by atoms with van der Waals surface area (Å²) in [4.78, 5) is 23.5. The number of allylic oxidation sites excluding steroid dienone is 3. The number of fused-ring (bicyclic) bond motifs is 1. The Morgan fingerprint density at radius 2 is 1.87 bits per heavy atom. The Kier molecular flexibility index (Phi) is 7.98. The van der Waals surface area contributed by atoms with Crippen LogP contribution in [0.3, 0.4) is 0 Å². The SMILES string of the molecule is C=CCOc1c(OC/C=C(\C)CCC=C(C)C)c2ccc([N+](=O)[O-])cc2n(C)c1=O. The van der Waals surface area contributed by atoms with Gasteiger partial charge in [0.1, 0.15) is 13.2 Å². The van der Waals surface area contributed by atoms with Gasteiger partial charge in [0.2, 0.25) is 5.75 Å². The molecule has 0 aliphatic rings. The summed E-state index contributed by atoms with van der Waals surface area (Å²) in [5.41, 5.74) is 2.33. The van der Waals surface area contributed by atoms with E-state index in [9.17, 15) is 14.9 Å². The van der Waals surface area contributed by atoms with Crippen LogP contribution in [0.15, 0.2) is 58.9 Å². The van der Waals surface area contributed by atoms with E-state index < -0.39 is 10.5 Å². The Balaban J connectivity index is 2.43. The molecule has 0 bridgehead atoms. The van der Waals surface area contributed by atoms with Gasteiger partial charge in [-0.1, -0.05) is 29.9 Å². The van der Waals surface area contributed by atoms with Gasteiger partial charge in [0.25, 0.3) is 11.2 Å². The van der Waals surface area contributed by atoms with Gasteiger partial charge in [0.15, 0.2) is 5.75 Å². The number of pyridine rings is 1. The monoisotopic (exact) mass is 412 g/mol. The van der Waals surface area contributed by atoms with E-state index >= 15 is 0 Å². The van der Waals surface area contributed by atoms with Crippen LogP contribution in [0, 0.1) is 10.1 Å². The summed E-state index contributed by atoms with van der Waals surface area (Å²) in [6.45, 7) is 10.2. The Bertz CT molecular complexity index is 1060. The van der Waals surface area contributed by atoms with Gasteiger partial charge in [-0.2, -0.15) is 0 Å². The number of hydrogen-bond donors (Lipinski definition) is 0. The van der Waals surface area contributed by atoms with Crippen molar-refractivity contribution in [3.05, 3.63) is 74.6 Å². The van der Waals surface area contributed by atoms with Crippen LogP contribution in [0.5, 0.6) is 11.5 Å². The Morgan fingerprint density at radius 1 is 1.17 bits per heavy atom. The van der Waals surface area contributed by atoms with Gasteiger partial charge in [-0.15, -0.1) is 0 Å². The number of nitrogens with zero attached hydrogens (tertiary/aromatic N) is 2. The highest BCUT2D eigenvalue weighted by Gasteiger charge is 2.20. The average Bonchev–Trinajstić information content (AvgIpc) is 2.70. The van der Waals surface area contributed by atoms with E-state index in [4.69, 9.17) is 9.47 Å². The maximum absolute atomic E-state index is 12.8. The second-order valence-corrected chi connectivity index (χ2v) is 7.26. The van der Waals surface area contributed by atoms with Crippen molar-refractivity contribution >= 4 is 16.6 Å². The summed E-state index contributed by atoms with van der Waals surface area (Å²) in [6.07, 6.45) is 7.55. The average molecular weight is 412 g/mol. The number of benzene rings is 1. The molecule has 0 spiro atoms. The topological polar surface area (TPSA) is 83.6 Å². The minimum Gasteiger partial charge on any atom is -0.485 e. The molecule has 0 fully saturated rings. The number of non-ortho nitro benzene ring substituents is 1. The van der Waals surface area contributed by atoms with Crippen LogP contribution in [-0.4, -0.2) is 22.7 Å². The van der Waals surface area contributed by atoms with Crippen molar-refractivity contribution in [2.75, 3.05) is 13.2 Å². The Hall–Kier alpha value is -3.35. The molecule has 0 radical (unpaired) electrons. The second kappa shape index (κ2) is 10.4. The number of hydrogen-bond acceptors (Lipinski definition) is 5. The molecule has 7 nitrogen and oxygen atoms in total. The maximum atomic E-state index is 12.8. The van der Waals surface area contributed by atoms with Crippen molar-refractivity contribution in [1.82, 2.24) is 4.57 Å². The van der Waals surface area contributed by atoms with Crippen LogP contribution in [0.25, 0.3) is 10.9 Å². The first-order chi connectivity index (χ1) is 14.3. The van der Waals surface area contributed by atoms with Crippen LogP contribution in [-0.2, 0) is 7.05 Å². The smallest absolute Gasteiger partial charge is 0.297 e. The molecule has 0 atom stereocenters. The fourth-order valence-electron chi connectivity index (χ4n) is 2.95. The summed E-state index contributed by atoms with van der Waals surface area (Å²) in [5.74, 6) is 0.340. The summed E-state index contributed by atoms with van der Waals surface area (Å²) in [7, 11) is 1.55. The zero-order chi connectivity index (χ0) is 22.3. The predicted molar refractivity (Wildman–Crippen MR) is 119 cm³/mol. The number of nitro benzene ring substituents is 1. The van der Waals surface area contributed by atoms with Crippen LogP contribution >= 0.6 is 0 Å². The normalized spacial score (nSPS) is 11.3. The maximum Gasteiger partial charge on any atom is 0.297 e. The molecule has 0 N–H and O–H groups in total. The second-order valence-electron chi connectivity index (χ2n) is 7.26. The molecule has 1 heterocycles. The summed E-state index contributed by atoms with van der Waals surface area (Å²) < 4.78 is 12.9. The first kappa shape index (κ1) is 22.9. The lowest BCUT2D eigenvalue weighted by Gasteiger charge is -2.16. The zero-order valence-corrected chi connectivity index (χ0v) is 17.9. The zero-order valence-electron chi connectivity index (χ0n) is 17.9. The molecule has 2 rings (SSSR count). The van der Waals surface area contributed by atoms with Gasteiger partial charge in [0, 0.05) is 24.6 Å². The molecule has 0 saturated heterocycles. The lowest BCUT2D eigenvalue weighted by atomic mass is 10.1. The lowest BCUT2D eigenvalue weighted by Crippen LogP contribution is -2.21. The van der Waals surface area contributed by atoms with Crippen molar-refractivity contribution in [3.8, 4) is 11.5 Å². The summed E-state index contributed by atoms with van der Waals surface area (Å²) >= 11 is 0. The Morgan fingerprint density at radius 3 is 2.50 bits per heavy atom. The van der Waals surface area contributed by atoms with Crippen LogP contribution < -0.4 is 15.0 Å². The molecule has 1 aromatic heterocycles. The number of aryl methyl sites for hydroxylation is 1. The predicted octanol–water partition coefficient (Wildman–Crippen LogP) is 5.08. The molecule has 1 aromatic carbocycles. The molecule has 0 aliphatic carbocycles. The number of aromatic nitrogens is 1.